The van der Waals surface area contributed by atoms with Crippen LogP contribution in [0.4, 0.5) is 22.7 Å². The number of aryl methyl sites for hydroxylation is 1. The maximum absolute atomic E-state index is 6.67. The number of anilines is 4. The normalized spacial score (nSPS) is 12.6. The Bertz CT molecular complexity index is 3220. The molecule has 11 rings (SSSR count). The van der Waals surface area contributed by atoms with Crippen molar-refractivity contribution >= 4 is 73.9 Å². The molecule has 4 heterocycles. The molecule has 1 aliphatic rings. The number of para-hydroxylation sites is 3. The maximum Gasteiger partial charge on any atom is 0 e. The zero-order valence-electron chi connectivity index (χ0n) is 34.7. The van der Waals surface area contributed by atoms with E-state index in [4.69, 9.17) is 9.72 Å². The van der Waals surface area contributed by atoms with E-state index >= 15 is 0 Å². The van der Waals surface area contributed by atoms with Gasteiger partial charge >= 0.3 is 189 Å². The first kappa shape index (κ1) is 40.2. The minimum atomic E-state index is -0.440. The minimum Gasteiger partial charge on any atom is 0 e. The molecule has 0 atom stereocenters. The Hall–Kier alpha value is -5.89. The van der Waals surface area contributed by atoms with Gasteiger partial charge in [0, 0.05) is 49.3 Å². The molecule has 3 aromatic heterocycles. The SMILES string of the molecule is Cc1cc(-n2c3[c-]c(Oc4[c-]c(N5[CH-]N(c6c(-c7ccccc7)cc(C(C)(C)C)cc6-c6ccccc6)c6ccccc65)ccc4)ccc3c3ccccc32)nc2[te]ccc12.[Pt]. The molecule has 0 bridgehead atoms. The fourth-order valence-electron chi connectivity index (χ4n) is 8.62. The van der Waals surface area contributed by atoms with Crippen LogP contribution >= 0.6 is 0 Å². The van der Waals surface area contributed by atoms with Gasteiger partial charge in [-0.05, 0) is 46.4 Å². The summed E-state index contributed by atoms with van der Waals surface area (Å²) in [6.07, 6.45) is 0. The second-order valence-electron chi connectivity index (χ2n) is 16.6. The first-order valence-electron chi connectivity index (χ1n) is 20.6. The van der Waals surface area contributed by atoms with Crippen molar-refractivity contribution < 1.29 is 25.8 Å². The standard InChI is InChI=1S/C55H41N4OTe.Pt/c1-36-30-52(56-54-43(36)28-29-61-54)59-48-23-12-11-22-44(48)45-27-26-42(34-51(45)59)60-41-21-15-20-40(33-41)57-35-58(50-25-14-13-24-49(50)57)53-46(37-16-7-5-8-17-37)31-39(55(2,3)4)32-47(53)38-18-9-6-10-19-38;/h5-32,35H,1-4H3;/q-3;. The Morgan fingerprint density at radius 1 is 0.613 bits per heavy atom. The molecule has 0 amide bonds. The van der Waals surface area contributed by atoms with Gasteiger partial charge in [-0.1, -0.05) is 93.6 Å². The van der Waals surface area contributed by atoms with E-state index in [2.05, 4.69) is 211 Å². The van der Waals surface area contributed by atoms with Gasteiger partial charge in [-0.3, -0.25) is 0 Å². The van der Waals surface area contributed by atoms with Crippen molar-refractivity contribution in [1.29, 1.82) is 0 Å². The molecular formula is C55H41N4OPtTe-3. The summed E-state index contributed by atoms with van der Waals surface area (Å²) < 4.78 is 12.5. The number of hydrogen-bond donors (Lipinski definition) is 0. The van der Waals surface area contributed by atoms with E-state index in [1.54, 1.807) is 0 Å². The maximum atomic E-state index is 6.67. The van der Waals surface area contributed by atoms with Crippen molar-refractivity contribution in [3.63, 3.8) is 0 Å². The van der Waals surface area contributed by atoms with Crippen LogP contribution in [0.3, 0.4) is 0 Å². The van der Waals surface area contributed by atoms with Gasteiger partial charge in [0.25, 0.3) is 0 Å². The molecule has 0 spiro atoms. The number of pyridine rings is 1. The Labute approximate surface area is 386 Å². The van der Waals surface area contributed by atoms with Crippen LogP contribution in [0.1, 0.15) is 31.9 Å². The molecule has 0 radical (unpaired) electrons. The number of ether oxygens (including phenoxy) is 1. The number of hydrogen-bond acceptors (Lipinski definition) is 4. The quantitative estimate of drug-likeness (QED) is 0.118. The number of aromatic nitrogens is 2. The summed E-state index contributed by atoms with van der Waals surface area (Å²) in [6.45, 7) is 11.2. The minimum absolute atomic E-state index is 0. The third kappa shape index (κ3) is 7.05. The average molecular weight is 1100 g/mol. The van der Waals surface area contributed by atoms with Crippen LogP contribution in [0.5, 0.6) is 11.5 Å². The zero-order valence-corrected chi connectivity index (χ0v) is 39.3. The fraction of sp³-hybridized carbons (Fsp3) is 0.0909. The largest absolute Gasteiger partial charge is 0 e. The molecule has 7 aromatic carbocycles. The molecule has 0 unspecified atom stereocenters. The smallest absolute Gasteiger partial charge is 0 e. The van der Waals surface area contributed by atoms with Gasteiger partial charge < -0.3 is 4.90 Å². The van der Waals surface area contributed by atoms with E-state index in [-0.39, 0.29) is 26.5 Å². The van der Waals surface area contributed by atoms with Crippen LogP contribution in [-0.4, -0.2) is 30.0 Å². The van der Waals surface area contributed by atoms with Crippen LogP contribution in [-0.2, 0) is 26.5 Å². The third-order valence-electron chi connectivity index (χ3n) is 11.7. The molecule has 5 nitrogen and oxygen atoms in total. The zero-order chi connectivity index (χ0) is 41.2. The van der Waals surface area contributed by atoms with Crippen molar-refractivity contribution in [2.24, 2.45) is 0 Å². The molecule has 0 fully saturated rings. The monoisotopic (exact) mass is 1100 g/mol. The molecule has 0 N–H and O–H groups in total. The Balaban J connectivity index is 0.00000458. The summed E-state index contributed by atoms with van der Waals surface area (Å²) in [5.74, 6) is 2.14. The van der Waals surface area contributed by atoms with Crippen LogP contribution in [0.15, 0.2) is 168 Å². The predicted molar refractivity (Wildman–Crippen MR) is 253 cm³/mol. The van der Waals surface area contributed by atoms with Gasteiger partial charge in [0.15, 0.2) is 0 Å². The van der Waals surface area contributed by atoms with Gasteiger partial charge in [0.05, 0.1) is 0 Å². The Morgan fingerprint density at radius 2 is 1.26 bits per heavy atom. The first-order chi connectivity index (χ1) is 29.8. The number of fused-ring (bicyclic) bond motifs is 5. The van der Waals surface area contributed by atoms with E-state index in [9.17, 15) is 0 Å². The molecular weight excluding hydrogens is 1060 g/mol. The predicted octanol–water partition coefficient (Wildman–Crippen LogP) is 14.1. The third-order valence-corrected chi connectivity index (χ3v) is 14.0. The first-order valence-corrected chi connectivity index (χ1v) is 23.1. The number of benzene rings is 7. The molecule has 0 saturated carbocycles. The van der Waals surface area contributed by atoms with Crippen molar-refractivity contribution in [2.75, 3.05) is 9.80 Å². The fourth-order valence-corrected chi connectivity index (χ4v) is 11.0. The van der Waals surface area contributed by atoms with Gasteiger partial charge in [-0.2, -0.15) is 0 Å². The summed E-state index contributed by atoms with van der Waals surface area (Å²) >= 11 is -0.440. The van der Waals surface area contributed by atoms with E-state index < -0.39 is 20.4 Å². The van der Waals surface area contributed by atoms with Crippen molar-refractivity contribution in [3.8, 4) is 39.6 Å². The van der Waals surface area contributed by atoms with Gasteiger partial charge in [-0.15, -0.1) is 6.67 Å². The number of rotatable bonds is 7. The average Bonchev–Trinajstić information content (AvgIpc) is 4.01. The molecule has 0 saturated heterocycles. The van der Waals surface area contributed by atoms with Gasteiger partial charge in [0.1, 0.15) is 0 Å². The summed E-state index contributed by atoms with van der Waals surface area (Å²) in [4.78, 5) is 9.78. The molecule has 0 aliphatic carbocycles. The second-order valence-corrected chi connectivity index (χ2v) is 19.2. The van der Waals surface area contributed by atoms with Crippen molar-refractivity contribution in [2.45, 2.75) is 33.1 Å². The summed E-state index contributed by atoms with van der Waals surface area (Å²) in [5, 5.41) is 3.55. The molecule has 10 aromatic rings. The Morgan fingerprint density at radius 3 is 1.97 bits per heavy atom. The summed E-state index contributed by atoms with van der Waals surface area (Å²) in [5.41, 5.74) is 13.3. The van der Waals surface area contributed by atoms with Crippen molar-refractivity contribution in [1.82, 2.24) is 9.55 Å². The van der Waals surface area contributed by atoms with Crippen LogP contribution < -0.4 is 14.5 Å². The van der Waals surface area contributed by atoms with E-state index in [0.717, 1.165) is 50.4 Å². The van der Waals surface area contributed by atoms with Crippen LogP contribution in [0, 0.1) is 25.7 Å². The van der Waals surface area contributed by atoms with E-state index in [1.165, 1.54) is 42.3 Å². The van der Waals surface area contributed by atoms with Crippen LogP contribution in [0.2, 0.25) is 0 Å². The molecule has 7 heteroatoms. The molecule has 306 valence electrons. The summed E-state index contributed by atoms with van der Waals surface area (Å²) in [7, 11) is 0. The van der Waals surface area contributed by atoms with E-state index in [1.807, 2.05) is 18.2 Å². The molecule has 62 heavy (non-hydrogen) atoms. The van der Waals surface area contributed by atoms with Crippen molar-refractivity contribution in [3.05, 3.63) is 198 Å². The van der Waals surface area contributed by atoms with Gasteiger partial charge in [0.2, 0.25) is 0 Å². The van der Waals surface area contributed by atoms with Crippen LogP contribution in [0.25, 0.3) is 58.8 Å². The summed E-state index contributed by atoms with van der Waals surface area (Å²) in [6, 6.07) is 65.3. The Kier molecular flexibility index (Phi) is 10.4. The van der Waals surface area contributed by atoms with E-state index in [0.29, 0.717) is 11.5 Å². The number of nitrogens with zero attached hydrogens (tertiary/aromatic N) is 4. The topological polar surface area (TPSA) is 33.5 Å². The van der Waals surface area contributed by atoms with Gasteiger partial charge in [-0.25, -0.2) is 0 Å². The molecule has 1 aliphatic heterocycles. The second kappa shape index (κ2) is 16.1.